The highest BCUT2D eigenvalue weighted by molar-refractivity contribution is 6.12. The lowest BCUT2D eigenvalue weighted by Crippen LogP contribution is -2.11. The fourth-order valence-electron chi connectivity index (χ4n) is 5.35. The van der Waals surface area contributed by atoms with E-state index in [4.69, 9.17) is 9.97 Å². The average Bonchev–Trinajstić information content (AvgIpc) is 3.03. The van der Waals surface area contributed by atoms with Crippen LogP contribution in [0.15, 0.2) is 158 Å². The smallest absolute Gasteiger partial charge is 0.0986 e. The summed E-state index contributed by atoms with van der Waals surface area (Å²) in [6, 6.07) is 50.3. The van der Waals surface area contributed by atoms with Crippen LogP contribution in [0.5, 0.6) is 0 Å². The van der Waals surface area contributed by atoms with Crippen LogP contribution in [0, 0.1) is 0 Å². The first kappa shape index (κ1) is 23.6. The molecule has 0 saturated carbocycles. The van der Waals surface area contributed by atoms with Crippen molar-refractivity contribution in [3.05, 3.63) is 158 Å². The Morgan fingerprint density at radius 1 is 0.325 bits per heavy atom. The van der Waals surface area contributed by atoms with Gasteiger partial charge in [0.25, 0.3) is 0 Å². The maximum absolute atomic E-state index is 4.88. The fourth-order valence-corrected chi connectivity index (χ4v) is 5.35. The van der Waals surface area contributed by atoms with Gasteiger partial charge in [0.2, 0.25) is 0 Å². The first-order valence-electron chi connectivity index (χ1n) is 13.4. The highest BCUT2D eigenvalue weighted by Gasteiger charge is 2.20. The van der Waals surface area contributed by atoms with Crippen LogP contribution < -0.4 is 9.80 Å². The zero-order chi connectivity index (χ0) is 26.7. The Balaban J connectivity index is 1.46. The Morgan fingerprint density at radius 2 is 0.625 bits per heavy atom. The summed E-state index contributed by atoms with van der Waals surface area (Å²) in [6.45, 7) is 0. The summed E-state index contributed by atoms with van der Waals surface area (Å²) in [7, 11) is 0. The summed E-state index contributed by atoms with van der Waals surface area (Å²) >= 11 is 0. The number of para-hydroxylation sites is 4. The molecule has 0 unspecified atom stereocenters. The summed E-state index contributed by atoms with van der Waals surface area (Å²) in [5.41, 5.74) is 8.19. The molecule has 0 amide bonds. The predicted molar refractivity (Wildman–Crippen MR) is 166 cm³/mol. The van der Waals surface area contributed by atoms with Gasteiger partial charge in [-0.2, -0.15) is 0 Å². The number of hydrogen-bond acceptors (Lipinski definition) is 4. The standard InChI is InChI=1S/C36H26N4/c1-5-13-27(14-6-1)39(28-15-7-2-8-16-28)33-23-25-37-35-31(33)21-22-32-34(24-26-38-36(32)35)40(29-17-9-3-10-18-29)30-19-11-4-12-20-30/h1-26H. The molecule has 0 radical (unpaired) electrons. The SMILES string of the molecule is c1ccc(N(c2ccccc2)c2ccnc3c2ccc2c(N(c4ccccc4)c4ccccc4)ccnc23)cc1. The molecule has 0 aliphatic heterocycles. The van der Waals surface area contributed by atoms with E-state index in [2.05, 4.69) is 131 Å². The van der Waals surface area contributed by atoms with Crippen molar-refractivity contribution >= 4 is 55.9 Å². The monoisotopic (exact) mass is 514 g/mol. The zero-order valence-corrected chi connectivity index (χ0v) is 21.8. The number of fused-ring (bicyclic) bond motifs is 3. The molecule has 190 valence electrons. The molecule has 0 N–H and O–H groups in total. The lowest BCUT2D eigenvalue weighted by molar-refractivity contribution is 1.27. The summed E-state index contributed by atoms with van der Waals surface area (Å²) in [4.78, 5) is 14.3. The van der Waals surface area contributed by atoms with Gasteiger partial charge in [0.1, 0.15) is 0 Å². The van der Waals surface area contributed by atoms with E-state index in [9.17, 15) is 0 Å². The molecule has 4 nitrogen and oxygen atoms in total. The van der Waals surface area contributed by atoms with Crippen molar-refractivity contribution in [2.45, 2.75) is 0 Å². The first-order chi connectivity index (χ1) is 19.9. The van der Waals surface area contributed by atoms with Crippen molar-refractivity contribution < 1.29 is 0 Å². The predicted octanol–water partition coefficient (Wildman–Crippen LogP) is 9.72. The van der Waals surface area contributed by atoms with Crippen molar-refractivity contribution in [1.29, 1.82) is 0 Å². The highest BCUT2D eigenvalue weighted by atomic mass is 15.2. The largest absolute Gasteiger partial charge is 0.310 e. The van der Waals surface area contributed by atoms with Crippen LogP contribution >= 0.6 is 0 Å². The molecule has 4 heteroatoms. The van der Waals surface area contributed by atoms with Gasteiger partial charge in [-0.1, -0.05) is 72.8 Å². The fraction of sp³-hybridized carbons (Fsp3) is 0. The van der Waals surface area contributed by atoms with Crippen LogP contribution in [-0.4, -0.2) is 9.97 Å². The second-order valence-corrected chi connectivity index (χ2v) is 9.53. The van der Waals surface area contributed by atoms with E-state index in [1.165, 1.54) is 0 Å². The lowest BCUT2D eigenvalue weighted by atomic mass is 10.0. The molecular formula is C36H26N4. The maximum atomic E-state index is 4.88. The number of benzene rings is 5. The topological polar surface area (TPSA) is 32.3 Å². The second-order valence-electron chi connectivity index (χ2n) is 9.53. The number of anilines is 6. The van der Waals surface area contributed by atoms with E-state index in [1.54, 1.807) is 0 Å². The molecule has 7 aromatic rings. The van der Waals surface area contributed by atoms with Crippen molar-refractivity contribution in [2.24, 2.45) is 0 Å². The molecule has 5 aromatic carbocycles. The minimum absolute atomic E-state index is 0.870. The van der Waals surface area contributed by atoms with Gasteiger partial charge in [-0.05, 0) is 72.8 Å². The summed E-state index contributed by atoms with van der Waals surface area (Å²) in [6.07, 6.45) is 3.77. The van der Waals surface area contributed by atoms with E-state index in [-0.39, 0.29) is 0 Å². The minimum atomic E-state index is 0.870. The summed E-state index contributed by atoms with van der Waals surface area (Å²) in [5, 5.41) is 2.08. The Bertz CT molecular complexity index is 1670. The third kappa shape index (κ3) is 4.22. The van der Waals surface area contributed by atoms with Crippen molar-refractivity contribution in [3.63, 3.8) is 0 Å². The van der Waals surface area contributed by atoms with Gasteiger partial charge in [-0.25, -0.2) is 0 Å². The van der Waals surface area contributed by atoms with E-state index < -0.39 is 0 Å². The van der Waals surface area contributed by atoms with Crippen LogP contribution in [0.4, 0.5) is 34.1 Å². The van der Waals surface area contributed by atoms with Gasteiger partial charge < -0.3 is 9.80 Å². The van der Waals surface area contributed by atoms with E-state index >= 15 is 0 Å². The van der Waals surface area contributed by atoms with Crippen molar-refractivity contribution in [3.8, 4) is 0 Å². The number of hydrogen-bond donors (Lipinski definition) is 0. The van der Waals surface area contributed by atoms with Gasteiger partial charge in [0.15, 0.2) is 0 Å². The number of aromatic nitrogens is 2. The van der Waals surface area contributed by atoms with Crippen LogP contribution in [0.1, 0.15) is 0 Å². The Morgan fingerprint density at radius 3 is 0.925 bits per heavy atom. The molecule has 0 saturated heterocycles. The van der Waals surface area contributed by atoms with Crippen molar-refractivity contribution in [2.75, 3.05) is 9.80 Å². The van der Waals surface area contributed by atoms with Crippen LogP contribution in [0.2, 0.25) is 0 Å². The zero-order valence-electron chi connectivity index (χ0n) is 21.8. The van der Waals surface area contributed by atoms with E-state index in [1.807, 2.05) is 36.7 Å². The molecule has 0 spiro atoms. The Hall–Kier alpha value is -5.48. The number of pyridine rings is 2. The third-order valence-electron chi connectivity index (χ3n) is 7.11. The quantitative estimate of drug-likeness (QED) is 0.207. The van der Waals surface area contributed by atoms with Crippen LogP contribution in [-0.2, 0) is 0 Å². The lowest BCUT2D eigenvalue weighted by Gasteiger charge is -2.28. The van der Waals surface area contributed by atoms with Gasteiger partial charge in [-0.15, -0.1) is 0 Å². The molecular weight excluding hydrogens is 488 g/mol. The molecule has 2 heterocycles. The van der Waals surface area contributed by atoms with Gasteiger partial charge in [0.05, 0.1) is 22.4 Å². The molecule has 0 atom stereocenters. The third-order valence-corrected chi connectivity index (χ3v) is 7.11. The van der Waals surface area contributed by atoms with Gasteiger partial charge >= 0.3 is 0 Å². The van der Waals surface area contributed by atoms with Crippen LogP contribution in [0.3, 0.4) is 0 Å². The van der Waals surface area contributed by atoms with Gasteiger partial charge in [-0.3, -0.25) is 9.97 Å². The maximum Gasteiger partial charge on any atom is 0.0986 e. The minimum Gasteiger partial charge on any atom is -0.310 e. The Labute approximate surface area is 233 Å². The van der Waals surface area contributed by atoms with E-state index in [0.717, 1.165) is 55.9 Å². The molecule has 40 heavy (non-hydrogen) atoms. The van der Waals surface area contributed by atoms with Crippen LogP contribution in [0.25, 0.3) is 21.8 Å². The molecule has 0 bridgehead atoms. The molecule has 7 rings (SSSR count). The van der Waals surface area contributed by atoms with Crippen molar-refractivity contribution in [1.82, 2.24) is 9.97 Å². The summed E-state index contributed by atoms with van der Waals surface area (Å²) in [5.74, 6) is 0. The first-order valence-corrected chi connectivity index (χ1v) is 13.4. The summed E-state index contributed by atoms with van der Waals surface area (Å²) < 4.78 is 0. The molecule has 0 aliphatic rings. The van der Waals surface area contributed by atoms with E-state index in [0.29, 0.717) is 0 Å². The highest BCUT2D eigenvalue weighted by Crippen LogP contribution is 2.42. The Kier molecular flexibility index (Phi) is 6.11. The molecule has 0 fully saturated rings. The number of rotatable bonds is 6. The average molecular weight is 515 g/mol. The molecule has 2 aromatic heterocycles. The normalized spacial score (nSPS) is 11.0. The second kappa shape index (κ2) is 10.4. The van der Waals surface area contributed by atoms with Gasteiger partial charge in [0, 0.05) is 45.9 Å². The number of nitrogens with zero attached hydrogens (tertiary/aromatic N) is 4. The molecule has 0 aliphatic carbocycles.